The molecular formula is C14H34N2O8P2S2. The smallest absolute Gasteiger partial charge is 0.313 e. The molecule has 0 aliphatic rings. The molecule has 5 atom stereocenters. The fourth-order valence-electron chi connectivity index (χ4n) is 1.96. The highest BCUT2D eigenvalue weighted by atomic mass is 32.2. The maximum absolute atomic E-state index is 12.6. The predicted octanol–water partition coefficient (Wildman–Crippen LogP) is 1.81. The number of hydrogen-bond acceptors (Lipinski definition) is 6. The highest BCUT2D eigenvalue weighted by Gasteiger charge is 2.38. The van der Waals surface area contributed by atoms with E-state index in [0.29, 0.717) is 12.8 Å². The second-order valence-electron chi connectivity index (χ2n) is 8.03. The van der Waals surface area contributed by atoms with E-state index in [9.17, 15) is 22.4 Å². The highest BCUT2D eigenvalue weighted by Crippen LogP contribution is 2.41. The van der Waals surface area contributed by atoms with Crippen LogP contribution in [0.25, 0.3) is 0 Å². The summed E-state index contributed by atoms with van der Waals surface area (Å²) in [6.45, 7) is 8.84. The topological polar surface area (TPSA) is 179 Å². The summed E-state index contributed by atoms with van der Waals surface area (Å²) < 4.78 is 57.0. The average Bonchev–Trinajstić information content (AvgIpc) is 2.52. The lowest BCUT2D eigenvalue weighted by atomic mass is 9.91. The summed E-state index contributed by atoms with van der Waals surface area (Å²) in [4.78, 5) is 18.3. The molecule has 5 unspecified atom stereocenters. The van der Waals surface area contributed by atoms with Crippen molar-refractivity contribution in [1.82, 2.24) is 0 Å². The molecule has 0 fully saturated rings. The SMILES string of the molecule is CCC(C)(C)C(OP(N)(=O)O)S(=O)CCS(=O)CCC(C)(C)COP(N)(=O)O. The van der Waals surface area contributed by atoms with Crippen LogP contribution in [0.15, 0.2) is 0 Å². The summed E-state index contributed by atoms with van der Waals surface area (Å²) in [5.74, 6) is 0.400. The molecule has 0 saturated heterocycles. The van der Waals surface area contributed by atoms with E-state index in [1.54, 1.807) is 27.7 Å². The van der Waals surface area contributed by atoms with Crippen LogP contribution < -0.4 is 11.0 Å². The fraction of sp³-hybridized carbons (Fsp3) is 1.00. The van der Waals surface area contributed by atoms with Gasteiger partial charge in [-0.2, -0.15) is 0 Å². The molecule has 170 valence electrons. The van der Waals surface area contributed by atoms with Crippen molar-refractivity contribution in [2.75, 3.05) is 23.9 Å². The molecule has 0 aromatic rings. The van der Waals surface area contributed by atoms with Gasteiger partial charge in [-0.1, -0.05) is 34.6 Å². The third-order valence-electron chi connectivity index (χ3n) is 4.19. The molecule has 0 bridgehead atoms. The second-order valence-corrected chi connectivity index (χ2v) is 14.0. The first-order chi connectivity index (χ1) is 12.4. The maximum Gasteiger partial charge on any atom is 0.401 e. The molecule has 0 saturated carbocycles. The van der Waals surface area contributed by atoms with Crippen molar-refractivity contribution in [2.45, 2.75) is 52.9 Å². The summed E-state index contributed by atoms with van der Waals surface area (Å²) in [5.41, 5.74) is 7.76. The molecule has 0 amide bonds. The van der Waals surface area contributed by atoms with Crippen LogP contribution in [0.2, 0.25) is 0 Å². The zero-order valence-corrected chi connectivity index (χ0v) is 20.5. The zero-order valence-electron chi connectivity index (χ0n) is 17.0. The van der Waals surface area contributed by atoms with Gasteiger partial charge in [0.15, 0.2) is 0 Å². The largest absolute Gasteiger partial charge is 0.401 e. The molecule has 28 heavy (non-hydrogen) atoms. The van der Waals surface area contributed by atoms with Crippen molar-refractivity contribution in [2.24, 2.45) is 21.8 Å². The molecule has 10 nitrogen and oxygen atoms in total. The lowest BCUT2D eigenvalue weighted by molar-refractivity contribution is 0.124. The van der Waals surface area contributed by atoms with Crippen LogP contribution in [0, 0.1) is 10.8 Å². The van der Waals surface area contributed by atoms with E-state index in [4.69, 9.17) is 24.9 Å². The zero-order chi connectivity index (χ0) is 22.4. The van der Waals surface area contributed by atoms with Crippen LogP contribution >= 0.6 is 15.5 Å². The van der Waals surface area contributed by atoms with Crippen molar-refractivity contribution in [3.63, 3.8) is 0 Å². The summed E-state index contributed by atoms with van der Waals surface area (Å²) >= 11 is 0. The number of rotatable bonds is 14. The normalized spacial score (nSPS) is 20.8. The summed E-state index contributed by atoms with van der Waals surface area (Å²) in [5, 5.41) is 0. The third kappa shape index (κ3) is 13.0. The van der Waals surface area contributed by atoms with Gasteiger partial charge in [0.2, 0.25) is 0 Å². The van der Waals surface area contributed by atoms with E-state index in [-0.39, 0.29) is 23.9 Å². The average molecular weight is 485 g/mol. The molecular weight excluding hydrogens is 450 g/mol. The minimum Gasteiger partial charge on any atom is -0.313 e. The van der Waals surface area contributed by atoms with E-state index in [0.717, 1.165) is 0 Å². The van der Waals surface area contributed by atoms with Crippen LogP contribution in [0.3, 0.4) is 0 Å². The van der Waals surface area contributed by atoms with Crippen molar-refractivity contribution in [3.8, 4) is 0 Å². The van der Waals surface area contributed by atoms with E-state index >= 15 is 0 Å². The van der Waals surface area contributed by atoms with Gasteiger partial charge in [-0.05, 0) is 18.3 Å². The van der Waals surface area contributed by atoms with Gasteiger partial charge in [0.25, 0.3) is 0 Å². The molecule has 14 heteroatoms. The Hall–Kier alpha value is 0.520. The van der Waals surface area contributed by atoms with Crippen molar-refractivity contribution < 1.29 is 36.4 Å². The number of nitrogens with two attached hydrogens (primary N) is 2. The summed E-state index contributed by atoms with van der Waals surface area (Å²) in [7, 11) is -11.4. The Balaban J connectivity index is 4.71. The first-order valence-electron chi connectivity index (χ1n) is 8.66. The van der Waals surface area contributed by atoms with Gasteiger partial charge < -0.3 is 9.79 Å². The Morgan fingerprint density at radius 2 is 1.54 bits per heavy atom. The first-order valence-corrected chi connectivity index (χ1v) is 14.8. The summed E-state index contributed by atoms with van der Waals surface area (Å²) in [6.07, 6.45) is 0.970. The minimum atomic E-state index is -4.33. The molecule has 0 aromatic carbocycles. The van der Waals surface area contributed by atoms with Gasteiger partial charge in [-0.15, -0.1) is 0 Å². The van der Waals surface area contributed by atoms with Crippen LogP contribution in [-0.4, -0.2) is 47.5 Å². The Morgan fingerprint density at radius 3 is 1.96 bits per heavy atom. The maximum atomic E-state index is 12.6. The molecule has 0 heterocycles. The monoisotopic (exact) mass is 484 g/mol. The summed E-state index contributed by atoms with van der Waals surface area (Å²) in [6, 6.07) is 0. The fourth-order valence-corrected chi connectivity index (χ4v) is 7.29. The van der Waals surface area contributed by atoms with Gasteiger partial charge in [-0.25, -0.2) is 20.1 Å². The predicted molar refractivity (Wildman–Crippen MR) is 112 cm³/mol. The van der Waals surface area contributed by atoms with Gasteiger partial charge in [0, 0.05) is 33.5 Å². The number of hydrogen-bond donors (Lipinski definition) is 4. The quantitative estimate of drug-likeness (QED) is 0.266. The lowest BCUT2D eigenvalue weighted by Gasteiger charge is -2.32. The van der Waals surface area contributed by atoms with E-state index in [1.165, 1.54) is 0 Å². The van der Waals surface area contributed by atoms with E-state index in [2.05, 4.69) is 0 Å². The lowest BCUT2D eigenvalue weighted by Crippen LogP contribution is -2.37. The molecule has 0 rings (SSSR count). The molecule has 0 aromatic heterocycles. The Bertz CT molecular complexity index is 647. The molecule has 0 aliphatic heterocycles. The van der Waals surface area contributed by atoms with Crippen molar-refractivity contribution in [1.29, 1.82) is 0 Å². The van der Waals surface area contributed by atoms with Crippen LogP contribution in [0.5, 0.6) is 0 Å². The standard InChI is InChI=1S/C14H34N2O8P2S2/c1-6-14(4,5)12(24-26(16,19)20)28(22)10-9-27(21)8-7-13(2,3)11-23-25(15,17)18/h12H,6-11H2,1-5H3,(H3,15,17,18)(H3,16,19,20). The van der Waals surface area contributed by atoms with E-state index < -0.39 is 53.4 Å². The molecule has 0 spiro atoms. The van der Waals surface area contributed by atoms with E-state index in [1.807, 2.05) is 6.92 Å². The van der Waals surface area contributed by atoms with Crippen molar-refractivity contribution >= 4 is 37.1 Å². The Morgan fingerprint density at radius 1 is 1.00 bits per heavy atom. The second kappa shape index (κ2) is 11.2. The minimum absolute atomic E-state index is 0.0201. The van der Waals surface area contributed by atoms with Crippen molar-refractivity contribution in [3.05, 3.63) is 0 Å². The van der Waals surface area contributed by atoms with Crippen LogP contribution in [0.4, 0.5) is 0 Å². The van der Waals surface area contributed by atoms with Crippen LogP contribution in [0.1, 0.15) is 47.5 Å². The van der Waals surface area contributed by atoms with Gasteiger partial charge >= 0.3 is 15.5 Å². The molecule has 0 aliphatic carbocycles. The molecule has 0 radical (unpaired) electrons. The van der Waals surface area contributed by atoms with Gasteiger partial charge in [0.05, 0.1) is 17.4 Å². The first kappa shape index (κ1) is 28.5. The Kier molecular flexibility index (Phi) is 11.4. The Labute approximate surface area is 172 Å². The van der Waals surface area contributed by atoms with Gasteiger partial charge in [-0.3, -0.25) is 17.5 Å². The highest BCUT2D eigenvalue weighted by molar-refractivity contribution is 7.89. The molecule has 6 N–H and O–H groups in total. The third-order valence-corrected chi connectivity index (χ3v) is 8.74. The van der Waals surface area contributed by atoms with Gasteiger partial charge in [0.1, 0.15) is 5.44 Å². The van der Waals surface area contributed by atoms with Crippen LogP contribution in [-0.2, 0) is 39.8 Å².